The van der Waals surface area contributed by atoms with Gasteiger partial charge in [-0.05, 0) is 24.1 Å². The summed E-state index contributed by atoms with van der Waals surface area (Å²) in [7, 11) is 3.25. The molecule has 0 saturated heterocycles. The van der Waals surface area contributed by atoms with Crippen molar-refractivity contribution < 1.29 is 14.2 Å². The number of rotatable bonds is 2. The van der Waals surface area contributed by atoms with Gasteiger partial charge < -0.3 is 19.9 Å². The van der Waals surface area contributed by atoms with E-state index in [1.807, 2.05) is 18.2 Å². The Bertz CT molecular complexity index is 828. The van der Waals surface area contributed by atoms with E-state index in [1.54, 1.807) is 14.2 Å². The molecule has 5 heteroatoms. The van der Waals surface area contributed by atoms with Crippen LogP contribution >= 0.6 is 0 Å². The second-order valence-electron chi connectivity index (χ2n) is 5.69. The number of nitrogen functional groups attached to an aromatic ring is 1. The first-order valence-corrected chi connectivity index (χ1v) is 7.59. The molecule has 0 aromatic heterocycles. The van der Waals surface area contributed by atoms with Crippen LogP contribution in [0.25, 0.3) is 0 Å². The molecule has 2 aromatic rings. The first-order valence-electron chi connectivity index (χ1n) is 7.59. The molecule has 2 N–H and O–H groups in total. The summed E-state index contributed by atoms with van der Waals surface area (Å²) in [6.07, 6.45) is 1.61. The maximum atomic E-state index is 6.23. The molecule has 0 unspecified atom stereocenters. The highest BCUT2D eigenvalue weighted by molar-refractivity contribution is 6.07. The Morgan fingerprint density at radius 3 is 2.70 bits per heavy atom. The number of anilines is 1. The molecular weight excluding hydrogens is 292 g/mol. The maximum Gasteiger partial charge on any atom is 0.178 e. The standard InChI is InChI=1S/C18H18N2O3/c1-21-14-4-3-10-5-6-20-13-8-11-7-12(19)16(22-2)9-15(11)23-18(14)17(10)13/h3-4,7,9H,5-6,8,19H2,1-2H3. The van der Waals surface area contributed by atoms with Crippen molar-refractivity contribution in [1.82, 2.24) is 0 Å². The Morgan fingerprint density at radius 2 is 1.91 bits per heavy atom. The van der Waals surface area contributed by atoms with Crippen LogP contribution in [-0.2, 0) is 12.8 Å². The minimum absolute atomic E-state index is 0.601. The number of nitrogens with zero attached hydrogens (tertiary/aromatic N) is 1. The fourth-order valence-electron chi connectivity index (χ4n) is 3.25. The van der Waals surface area contributed by atoms with Gasteiger partial charge in [-0.1, -0.05) is 6.07 Å². The average Bonchev–Trinajstić information content (AvgIpc) is 2.72. The van der Waals surface area contributed by atoms with E-state index in [2.05, 4.69) is 6.07 Å². The Morgan fingerprint density at radius 1 is 1.09 bits per heavy atom. The third kappa shape index (κ3) is 2.11. The molecule has 4 rings (SSSR count). The fourth-order valence-corrected chi connectivity index (χ4v) is 3.25. The lowest BCUT2D eigenvalue weighted by atomic mass is 9.93. The van der Waals surface area contributed by atoms with E-state index < -0.39 is 0 Å². The smallest absolute Gasteiger partial charge is 0.178 e. The zero-order valence-corrected chi connectivity index (χ0v) is 13.2. The lowest BCUT2D eigenvalue weighted by Gasteiger charge is -2.19. The van der Waals surface area contributed by atoms with Crippen molar-refractivity contribution in [1.29, 1.82) is 0 Å². The predicted molar refractivity (Wildman–Crippen MR) is 89.3 cm³/mol. The molecule has 0 radical (unpaired) electrons. The van der Waals surface area contributed by atoms with E-state index in [0.717, 1.165) is 41.3 Å². The molecule has 0 spiro atoms. The van der Waals surface area contributed by atoms with Crippen LogP contribution in [0.4, 0.5) is 5.69 Å². The highest BCUT2D eigenvalue weighted by Crippen LogP contribution is 2.44. The molecule has 0 bridgehead atoms. The SMILES string of the molecule is COc1cc2c(cc1N)CC1=NCCc3ccc(OC)c(c31)O2. The summed E-state index contributed by atoms with van der Waals surface area (Å²) in [5, 5.41) is 0. The molecular formula is C18H18N2O3. The Hall–Kier alpha value is -2.69. The van der Waals surface area contributed by atoms with E-state index in [-0.39, 0.29) is 0 Å². The number of nitrogens with two attached hydrogens (primary N) is 1. The van der Waals surface area contributed by atoms with Gasteiger partial charge in [-0.15, -0.1) is 0 Å². The largest absolute Gasteiger partial charge is 0.494 e. The van der Waals surface area contributed by atoms with Crippen LogP contribution in [0.5, 0.6) is 23.0 Å². The summed E-state index contributed by atoms with van der Waals surface area (Å²) >= 11 is 0. The molecule has 0 fully saturated rings. The Balaban J connectivity index is 1.96. The monoisotopic (exact) mass is 310 g/mol. The minimum Gasteiger partial charge on any atom is -0.494 e. The van der Waals surface area contributed by atoms with E-state index in [9.17, 15) is 0 Å². The second kappa shape index (κ2) is 5.19. The Labute approximate surface area is 134 Å². The summed E-state index contributed by atoms with van der Waals surface area (Å²) in [6, 6.07) is 7.79. The normalized spacial score (nSPS) is 14.8. The van der Waals surface area contributed by atoms with Crippen LogP contribution in [0.3, 0.4) is 0 Å². The third-order valence-electron chi connectivity index (χ3n) is 4.38. The molecule has 0 aliphatic carbocycles. The molecule has 2 heterocycles. The number of methoxy groups -OCH3 is 2. The fraction of sp³-hybridized carbons (Fsp3) is 0.278. The van der Waals surface area contributed by atoms with Crippen LogP contribution in [-0.4, -0.2) is 26.5 Å². The van der Waals surface area contributed by atoms with Gasteiger partial charge in [0.1, 0.15) is 11.5 Å². The van der Waals surface area contributed by atoms with Crippen molar-refractivity contribution in [2.24, 2.45) is 4.99 Å². The quantitative estimate of drug-likeness (QED) is 0.866. The van der Waals surface area contributed by atoms with Gasteiger partial charge in [0.15, 0.2) is 11.5 Å². The molecule has 0 saturated carbocycles. The molecule has 5 nitrogen and oxygen atoms in total. The zero-order valence-electron chi connectivity index (χ0n) is 13.2. The summed E-state index contributed by atoms with van der Waals surface area (Å²) < 4.78 is 17.0. The zero-order chi connectivity index (χ0) is 16.0. The van der Waals surface area contributed by atoms with Gasteiger partial charge >= 0.3 is 0 Å². The second-order valence-corrected chi connectivity index (χ2v) is 5.69. The first kappa shape index (κ1) is 13.9. The van der Waals surface area contributed by atoms with Crippen LogP contribution < -0.4 is 19.9 Å². The summed E-state index contributed by atoms with van der Waals surface area (Å²) in [4.78, 5) is 4.72. The van der Waals surface area contributed by atoms with Crippen molar-refractivity contribution in [2.45, 2.75) is 12.8 Å². The summed E-state index contributed by atoms with van der Waals surface area (Å²) in [6.45, 7) is 0.801. The van der Waals surface area contributed by atoms with Crippen LogP contribution in [0.15, 0.2) is 29.3 Å². The molecule has 118 valence electrons. The van der Waals surface area contributed by atoms with Gasteiger partial charge in [-0.25, -0.2) is 0 Å². The molecule has 2 aliphatic rings. The van der Waals surface area contributed by atoms with Gasteiger partial charge in [-0.2, -0.15) is 0 Å². The van der Waals surface area contributed by atoms with Gasteiger partial charge in [0.25, 0.3) is 0 Å². The van der Waals surface area contributed by atoms with Gasteiger partial charge in [0.05, 0.1) is 25.6 Å². The first-order chi connectivity index (χ1) is 11.2. The number of aliphatic imine (C=N–C) groups is 1. The summed E-state index contributed by atoms with van der Waals surface area (Å²) in [5.74, 6) is 2.78. The number of fused-ring (bicyclic) bond motifs is 1. The van der Waals surface area contributed by atoms with Crippen molar-refractivity contribution in [3.05, 3.63) is 41.0 Å². The van der Waals surface area contributed by atoms with Gasteiger partial charge in [0, 0.05) is 30.2 Å². The molecule has 2 aromatic carbocycles. The van der Waals surface area contributed by atoms with E-state index >= 15 is 0 Å². The topological polar surface area (TPSA) is 66.1 Å². The van der Waals surface area contributed by atoms with Crippen molar-refractivity contribution >= 4 is 11.4 Å². The number of benzene rings is 2. The maximum absolute atomic E-state index is 6.23. The highest BCUT2D eigenvalue weighted by atomic mass is 16.5. The average molecular weight is 310 g/mol. The molecule has 0 amide bonds. The molecule has 2 aliphatic heterocycles. The van der Waals surface area contributed by atoms with Crippen molar-refractivity contribution in [3.8, 4) is 23.0 Å². The predicted octanol–water partition coefficient (Wildman–Crippen LogP) is 2.98. The van der Waals surface area contributed by atoms with E-state index in [1.165, 1.54) is 5.56 Å². The third-order valence-corrected chi connectivity index (χ3v) is 4.38. The Kier molecular flexibility index (Phi) is 3.15. The number of hydrogen-bond acceptors (Lipinski definition) is 5. The van der Waals surface area contributed by atoms with E-state index in [0.29, 0.717) is 23.6 Å². The number of ether oxygens (including phenoxy) is 3. The number of hydrogen-bond donors (Lipinski definition) is 1. The van der Waals surface area contributed by atoms with Crippen LogP contribution in [0.1, 0.15) is 16.7 Å². The van der Waals surface area contributed by atoms with Crippen molar-refractivity contribution in [2.75, 3.05) is 26.5 Å². The van der Waals surface area contributed by atoms with Gasteiger partial charge in [0.2, 0.25) is 0 Å². The van der Waals surface area contributed by atoms with E-state index in [4.69, 9.17) is 24.9 Å². The molecule has 0 atom stereocenters. The molecule has 23 heavy (non-hydrogen) atoms. The van der Waals surface area contributed by atoms with Gasteiger partial charge in [-0.3, -0.25) is 4.99 Å². The minimum atomic E-state index is 0.601. The van der Waals surface area contributed by atoms with Crippen LogP contribution in [0, 0.1) is 0 Å². The summed E-state index contributed by atoms with van der Waals surface area (Å²) in [5.41, 5.74) is 11.0. The highest BCUT2D eigenvalue weighted by Gasteiger charge is 2.28. The van der Waals surface area contributed by atoms with Crippen LogP contribution in [0.2, 0.25) is 0 Å². The lowest BCUT2D eigenvalue weighted by Crippen LogP contribution is -2.15. The van der Waals surface area contributed by atoms with Crippen molar-refractivity contribution in [3.63, 3.8) is 0 Å². The lowest BCUT2D eigenvalue weighted by molar-refractivity contribution is 0.375.